The summed E-state index contributed by atoms with van der Waals surface area (Å²) in [5, 5.41) is 20.5. The molecule has 0 bridgehead atoms. The zero-order valence-electron chi connectivity index (χ0n) is 18.1. The van der Waals surface area contributed by atoms with Crippen LogP contribution < -0.4 is 0 Å². The number of aliphatic hydroxyl groups excluding tert-OH is 1. The molecule has 0 spiro atoms. The van der Waals surface area contributed by atoms with E-state index >= 15 is 0 Å². The van der Waals surface area contributed by atoms with E-state index in [2.05, 4.69) is 0 Å². The molecule has 1 amide bonds. The van der Waals surface area contributed by atoms with Gasteiger partial charge in [0.05, 0.1) is 18.0 Å². The minimum atomic E-state index is -1.21. The molecule has 34 heavy (non-hydrogen) atoms. The summed E-state index contributed by atoms with van der Waals surface area (Å²) in [7, 11) is 0. The van der Waals surface area contributed by atoms with E-state index < -0.39 is 41.2 Å². The molecule has 1 fully saturated rings. The van der Waals surface area contributed by atoms with Crippen LogP contribution in [0.3, 0.4) is 0 Å². The Hall–Kier alpha value is -4.26. The maximum atomic E-state index is 14.9. The second-order valence-electron chi connectivity index (χ2n) is 8.04. The summed E-state index contributed by atoms with van der Waals surface area (Å²) in [4.78, 5) is 39.0. The molecule has 2 N–H and O–H groups in total. The van der Waals surface area contributed by atoms with Crippen molar-refractivity contribution in [2.24, 2.45) is 0 Å². The Morgan fingerprint density at radius 1 is 0.882 bits per heavy atom. The van der Waals surface area contributed by atoms with E-state index in [1.807, 2.05) is 0 Å². The lowest BCUT2D eigenvalue weighted by Crippen LogP contribution is -2.34. The van der Waals surface area contributed by atoms with Crippen LogP contribution in [-0.4, -0.2) is 39.3 Å². The van der Waals surface area contributed by atoms with Crippen molar-refractivity contribution in [3.8, 4) is 0 Å². The first-order valence-corrected chi connectivity index (χ1v) is 10.7. The van der Waals surface area contributed by atoms with E-state index in [0.29, 0.717) is 11.1 Å². The van der Waals surface area contributed by atoms with Gasteiger partial charge in [0.2, 0.25) is 0 Å². The average molecular weight is 459 g/mol. The Kier molecular flexibility index (Phi) is 6.54. The highest BCUT2D eigenvalue weighted by Gasteiger charge is 2.47. The first-order chi connectivity index (χ1) is 16.4. The summed E-state index contributed by atoms with van der Waals surface area (Å²) in [6, 6.07) is 21.5. The van der Waals surface area contributed by atoms with Gasteiger partial charge >= 0.3 is 5.97 Å². The lowest BCUT2D eigenvalue weighted by molar-refractivity contribution is -0.141. The Morgan fingerprint density at radius 3 is 2.09 bits per heavy atom. The number of aliphatic carboxylic acids is 1. The van der Waals surface area contributed by atoms with E-state index in [1.165, 1.54) is 18.2 Å². The quantitative estimate of drug-likeness (QED) is 0.308. The standard InChI is InChI=1S/C27H22FNO5/c28-21-14-8-7-13-20(21)24-23(25(32)18-11-5-2-6-12-18)26(33)27(34)29(24)16-19(15-22(30)31)17-9-3-1-4-10-17/h1-14,19,24,32H,15-16H2,(H,30,31)/b25-23+. The Labute approximate surface area is 195 Å². The second kappa shape index (κ2) is 9.70. The zero-order chi connectivity index (χ0) is 24.2. The number of ketones is 1. The fraction of sp³-hybridized carbons (Fsp3) is 0.148. The number of carboxylic acid groups (broad SMARTS) is 1. The Balaban J connectivity index is 1.85. The van der Waals surface area contributed by atoms with Gasteiger partial charge in [-0.15, -0.1) is 0 Å². The van der Waals surface area contributed by atoms with Crippen molar-refractivity contribution in [2.45, 2.75) is 18.4 Å². The van der Waals surface area contributed by atoms with Gasteiger partial charge in [0.15, 0.2) is 0 Å². The van der Waals surface area contributed by atoms with Crippen molar-refractivity contribution in [3.63, 3.8) is 0 Å². The van der Waals surface area contributed by atoms with Gasteiger partial charge in [-0.1, -0.05) is 78.9 Å². The molecule has 0 saturated carbocycles. The molecule has 1 aliphatic heterocycles. The third-order valence-electron chi connectivity index (χ3n) is 5.90. The van der Waals surface area contributed by atoms with Crippen molar-refractivity contribution in [2.75, 3.05) is 6.54 Å². The van der Waals surface area contributed by atoms with Gasteiger partial charge in [-0.05, 0) is 11.6 Å². The van der Waals surface area contributed by atoms with Crippen LogP contribution in [0.4, 0.5) is 4.39 Å². The van der Waals surface area contributed by atoms with Crippen LogP contribution in [0.25, 0.3) is 5.76 Å². The van der Waals surface area contributed by atoms with E-state index in [1.54, 1.807) is 66.7 Å². The smallest absolute Gasteiger partial charge is 0.304 e. The number of Topliss-reactive ketones (excluding diaryl/α,β-unsaturated/α-hetero) is 1. The first-order valence-electron chi connectivity index (χ1n) is 10.7. The average Bonchev–Trinajstić information content (AvgIpc) is 3.09. The summed E-state index contributed by atoms with van der Waals surface area (Å²) in [6.45, 7) is -0.147. The molecule has 6 nitrogen and oxygen atoms in total. The number of halogens is 1. The second-order valence-corrected chi connectivity index (χ2v) is 8.04. The van der Waals surface area contributed by atoms with Gasteiger partial charge in [0.25, 0.3) is 11.7 Å². The molecule has 4 rings (SSSR count). The van der Waals surface area contributed by atoms with Crippen LogP contribution in [0.2, 0.25) is 0 Å². The van der Waals surface area contributed by atoms with Crippen molar-refractivity contribution in [1.29, 1.82) is 0 Å². The third kappa shape index (κ3) is 4.45. The highest BCUT2D eigenvalue weighted by atomic mass is 19.1. The monoisotopic (exact) mass is 459 g/mol. The number of benzene rings is 3. The summed E-state index contributed by atoms with van der Waals surface area (Å²) in [5.74, 6) is -4.65. The third-order valence-corrected chi connectivity index (χ3v) is 5.90. The Bertz CT molecular complexity index is 1260. The summed E-state index contributed by atoms with van der Waals surface area (Å²) in [5.41, 5.74) is 0.791. The number of hydrogen-bond donors (Lipinski definition) is 2. The van der Waals surface area contributed by atoms with Gasteiger partial charge < -0.3 is 15.1 Å². The number of rotatable bonds is 7. The topological polar surface area (TPSA) is 94.9 Å². The molecule has 0 aromatic heterocycles. The molecule has 2 atom stereocenters. The summed E-state index contributed by atoms with van der Waals surface area (Å²) in [6.07, 6.45) is -0.296. The predicted molar refractivity (Wildman–Crippen MR) is 123 cm³/mol. The van der Waals surface area contributed by atoms with Crippen molar-refractivity contribution in [1.82, 2.24) is 4.90 Å². The molecular weight excluding hydrogens is 437 g/mol. The number of amides is 1. The molecule has 2 unspecified atom stereocenters. The summed E-state index contributed by atoms with van der Waals surface area (Å²) >= 11 is 0. The van der Waals surface area contributed by atoms with E-state index in [9.17, 15) is 29.0 Å². The lowest BCUT2D eigenvalue weighted by atomic mass is 9.92. The predicted octanol–water partition coefficient (Wildman–Crippen LogP) is 4.51. The number of aliphatic hydroxyl groups is 1. The number of carbonyl (C=O) groups excluding carboxylic acids is 2. The lowest BCUT2D eigenvalue weighted by Gasteiger charge is -2.29. The van der Waals surface area contributed by atoms with Gasteiger partial charge in [-0.25, -0.2) is 4.39 Å². The molecule has 1 heterocycles. The van der Waals surface area contributed by atoms with E-state index in [-0.39, 0.29) is 24.1 Å². The molecule has 3 aromatic carbocycles. The fourth-order valence-corrected chi connectivity index (χ4v) is 4.30. The van der Waals surface area contributed by atoms with Crippen molar-refractivity contribution in [3.05, 3.63) is 113 Å². The zero-order valence-corrected chi connectivity index (χ0v) is 18.1. The number of carbonyl (C=O) groups is 3. The number of likely N-dealkylation sites (tertiary alicyclic amines) is 1. The molecule has 1 aliphatic rings. The number of nitrogens with zero attached hydrogens (tertiary/aromatic N) is 1. The SMILES string of the molecule is O=C(O)CC(CN1C(=O)C(=O)/C(=C(/O)c2ccccc2)C1c1ccccc1F)c1ccccc1. The van der Waals surface area contributed by atoms with Crippen molar-refractivity contribution >= 4 is 23.4 Å². The maximum absolute atomic E-state index is 14.9. The minimum absolute atomic E-state index is 0.0429. The van der Waals surface area contributed by atoms with Crippen LogP contribution in [0.5, 0.6) is 0 Å². The molecular formula is C27H22FNO5. The number of carboxylic acids is 1. The van der Waals surface area contributed by atoms with Crippen molar-refractivity contribution < 1.29 is 29.0 Å². The Morgan fingerprint density at radius 2 is 1.47 bits per heavy atom. The van der Waals surface area contributed by atoms with Crippen LogP contribution in [0, 0.1) is 5.82 Å². The van der Waals surface area contributed by atoms with E-state index in [0.717, 1.165) is 4.90 Å². The van der Waals surface area contributed by atoms with Crippen LogP contribution in [0.1, 0.15) is 35.1 Å². The molecule has 7 heteroatoms. The maximum Gasteiger partial charge on any atom is 0.304 e. The van der Waals surface area contributed by atoms with Gasteiger partial charge in [0, 0.05) is 23.6 Å². The molecule has 0 radical (unpaired) electrons. The fourth-order valence-electron chi connectivity index (χ4n) is 4.30. The largest absolute Gasteiger partial charge is 0.507 e. The minimum Gasteiger partial charge on any atom is -0.507 e. The molecule has 1 saturated heterocycles. The van der Waals surface area contributed by atoms with Gasteiger partial charge in [-0.2, -0.15) is 0 Å². The normalized spacial score (nSPS) is 18.1. The summed E-state index contributed by atoms with van der Waals surface area (Å²) < 4.78 is 14.9. The molecule has 3 aromatic rings. The number of hydrogen-bond acceptors (Lipinski definition) is 4. The van der Waals surface area contributed by atoms with Crippen LogP contribution >= 0.6 is 0 Å². The highest BCUT2D eigenvalue weighted by Crippen LogP contribution is 2.41. The first kappa shape index (κ1) is 22.9. The highest BCUT2D eigenvalue weighted by molar-refractivity contribution is 6.46. The van der Waals surface area contributed by atoms with Crippen LogP contribution in [-0.2, 0) is 14.4 Å². The van der Waals surface area contributed by atoms with Gasteiger partial charge in [-0.3, -0.25) is 14.4 Å². The van der Waals surface area contributed by atoms with E-state index in [4.69, 9.17) is 0 Å². The molecule has 172 valence electrons. The van der Waals surface area contributed by atoms with Gasteiger partial charge in [0.1, 0.15) is 11.6 Å². The molecule has 0 aliphatic carbocycles. The van der Waals surface area contributed by atoms with Crippen LogP contribution in [0.15, 0.2) is 90.5 Å².